The molecule has 1 aromatic carbocycles. The number of aromatic nitrogens is 3. The van der Waals surface area contributed by atoms with Gasteiger partial charge in [-0.1, -0.05) is 30.3 Å². The van der Waals surface area contributed by atoms with Crippen LogP contribution < -0.4 is 5.32 Å². The minimum absolute atomic E-state index is 0.192. The first-order valence-corrected chi connectivity index (χ1v) is 7.23. The Bertz CT molecular complexity index is 820. The third kappa shape index (κ3) is 3.71. The molecular formula is C18H16N4O. The smallest absolute Gasteiger partial charge is 0.248 e. The SMILES string of the molecule is Cc1nccn1-c1ccc(NC(=O)/C=C/c2ccccc2)cn1. The third-order valence-corrected chi connectivity index (χ3v) is 3.31. The van der Waals surface area contributed by atoms with Crippen LogP contribution in [0.15, 0.2) is 67.1 Å². The van der Waals surface area contributed by atoms with Crippen molar-refractivity contribution in [3.8, 4) is 5.82 Å². The summed E-state index contributed by atoms with van der Waals surface area (Å²) in [7, 11) is 0. The molecule has 1 N–H and O–H groups in total. The van der Waals surface area contributed by atoms with Crippen molar-refractivity contribution in [3.63, 3.8) is 0 Å². The van der Waals surface area contributed by atoms with Crippen molar-refractivity contribution in [3.05, 3.63) is 78.5 Å². The zero-order valence-corrected chi connectivity index (χ0v) is 12.7. The second kappa shape index (κ2) is 6.70. The topological polar surface area (TPSA) is 59.8 Å². The Morgan fingerprint density at radius 2 is 1.96 bits per heavy atom. The molecule has 5 nitrogen and oxygen atoms in total. The van der Waals surface area contributed by atoms with Crippen LogP contribution in [0.25, 0.3) is 11.9 Å². The van der Waals surface area contributed by atoms with Crippen LogP contribution in [0.4, 0.5) is 5.69 Å². The normalized spacial score (nSPS) is 10.8. The highest BCUT2D eigenvalue weighted by Gasteiger charge is 2.03. The number of imidazole rings is 1. The number of anilines is 1. The number of carbonyl (C=O) groups excluding carboxylic acids is 1. The number of benzene rings is 1. The van der Waals surface area contributed by atoms with Crippen molar-refractivity contribution in [2.24, 2.45) is 0 Å². The minimum Gasteiger partial charge on any atom is -0.321 e. The summed E-state index contributed by atoms with van der Waals surface area (Å²) in [6.07, 6.45) is 8.47. The summed E-state index contributed by atoms with van der Waals surface area (Å²) in [5.41, 5.74) is 1.63. The maximum absolute atomic E-state index is 11.9. The lowest BCUT2D eigenvalue weighted by Crippen LogP contribution is -2.08. The monoisotopic (exact) mass is 304 g/mol. The number of rotatable bonds is 4. The van der Waals surface area contributed by atoms with Crippen molar-refractivity contribution in [1.29, 1.82) is 0 Å². The minimum atomic E-state index is -0.192. The van der Waals surface area contributed by atoms with Gasteiger partial charge in [0.25, 0.3) is 0 Å². The van der Waals surface area contributed by atoms with Crippen molar-refractivity contribution in [1.82, 2.24) is 14.5 Å². The van der Waals surface area contributed by atoms with E-state index in [0.29, 0.717) is 5.69 Å². The van der Waals surface area contributed by atoms with Gasteiger partial charge < -0.3 is 5.32 Å². The van der Waals surface area contributed by atoms with Gasteiger partial charge in [-0.05, 0) is 30.7 Å². The molecule has 0 aliphatic rings. The molecule has 0 unspecified atom stereocenters. The average molecular weight is 304 g/mol. The molecule has 23 heavy (non-hydrogen) atoms. The largest absolute Gasteiger partial charge is 0.321 e. The highest BCUT2D eigenvalue weighted by atomic mass is 16.1. The summed E-state index contributed by atoms with van der Waals surface area (Å²) in [4.78, 5) is 20.4. The van der Waals surface area contributed by atoms with E-state index in [-0.39, 0.29) is 5.91 Å². The Balaban J connectivity index is 1.65. The van der Waals surface area contributed by atoms with Crippen LogP contribution in [0.1, 0.15) is 11.4 Å². The molecule has 0 fully saturated rings. The van der Waals surface area contributed by atoms with Crippen LogP contribution in [0.3, 0.4) is 0 Å². The van der Waals surface area contributed by atoms with Crippen molar-refractivity contribution < 1.29 is 4.79 Å². The number of hydrogen-bond acceptors (Lipinski definition) is 3. The Morgan fingerprint density at radius 1 is 1.13 bits per heavy atom. The average Bonchev–Trinajstić information content (AvgIpc) is 3.01. The van der Waals surface area contributed by atoms with Crippen LogP contribution in [-0.2, 0) is 4.79 Å². The lowest BCUT2D eigenvalue weighted by molar-refractivity contribution is -0.111. The molecular weight excluding hydrogens is 288 g/mol. The van der Waals surface area contributed by atoms with E-state index in [9.17, 15) is 4.79 Å². The Labute approximate surface area is 134 Å². The molecule has 3 rings (SSSR count). The molecule has 1 amide bonds. The fraction of sp³-hybridized carbons (Fsp3) is 0.0556. The summed E-state index contributed by atoms with van der Waals surface area (Å²) in [5.74, 6) is 1.43. The molecule has 5 heteroatoms. The molecule has 0 aliphatic heterocycles. The van der Waals surface area contributed by atoms with Gasteiger partial charge in [-0.15, -0.1) is 0 Å². The van der Waals surface area contributed by atoms with Gasteiger partial charge in [-0.25, -0.2) is 9.97 Å². The van der Waals surface area contributed by atoms with Crippen molar-refractivity contribution >= 4 is 17.7 Å². The Morgan fingerprint density at radius 3 is 2.61 bits per heavy atom. The first-order valence-electron chi connectivity index (χ1n) is 7.23. The van der Waals surface area contributed by atoms with Crippen LogP contribution in [-0.4, -0.2) is 20.4 Å². The van der Waals surface area contributed by atoms with Crippen LogP contribution in [0.5, 0.6) is 0 Å². The fourth-order valence-electron chi connectivity index (χ4n) is 2.14. The van der Waals surface area contributed by atoms with Gasteiger partial charge in [0.05, 0.1) is 11.9 Å². The lowest BCUT2D eigenvalue weighted by atomic mass is 10.2. The molecule has 0 saturated heterocycles. The standard InChI is InChI=1S/C18H16N4O/c1-14-19-11-12-22(14)17-9-8-16(13-20-17)21-18(23)10-7-15-5-3-2-4-6-15/h2-13H,1H3,(H,21,23)/b10-7+. The van der Waals surface area contributed by atoms with E-state index in [1.807, 2.05) is 60.2 Å². The number of carbonyl (C=O) groups is 1. The zero-order chi connectivity index (χ0) is 16.1. The van der Waals surface area contributed by atoms with Crippen molar-refractivity contribution in [2.75, 3.05) is 5.32 Å². The van der Waals surface area contributed by atoms with Crippen LogP contribution in [0.2, 0.25) is 0 Å². The van der Waals surface area contributed by atoms with Gasteiger partial charge in [-0.3, -0.25) is 9.36 Å². The molecule has 114 valence electrons. The third-order valence-electron chi connectivity index (χ3n) is 3.31. The number of nitrogens with one attached hydrogen (secondary N) is 1. The number of hydrogen-bond donors (Lipinski definition) is 1. The van der Waals surface area contributed by atoms with E-state index in [4.69, 9.17) is 0 Å². The van der Waals surface area contributed by atoms with E-state index < -0.39 is 0 Å². The predicted octanol–water partition coefficient (Wildman–Crippen LogP) is 3.23. The maximum atomic E-state index is 11.9. The van der Waals surface area contributed by atoms with Gasteiger partial charge in [-0.2, -0.15) is 0 Å². The highest BCUT2D eigenvalue weighted by molar-refractivity contribution is 6.01. The summed E-state index contributed by atoms with van der Waals surface area (Å²) >= 11 is 0. The number of nitrogens with zero attached hydrogens (tertiary/aromatic N) is 3. The van der Waals surface area contributed by atoms with Gasteiger partial charge in [0.2, 0.25) is 5.91 Å². The van der Waals surface area contributed by atoms with E-state index in [0.717, 1.165) is 17.2 Å². The molecule has 0 radical (unpaired) electrons. The summed E-state index contributed by atoms with van der Waals surface area (Å²) in [6, 6.07) is 13.3. The van der Waals surface area contributed by atoms with Gasteiger partial charge in [0.15, 0.2) is 0 Å². The van der Waals surface area contributed by atoms with Crippen molar-refractivity contribution in [2.45, 2.75) is 6.92 Å². The molecule has 0 bridgehead atoms. The van der Waals surface area contributed by atoms with Gasteiger partial charge >= 0.3 is 0 Å². The van der Waals surface area contributed by atoms with E-state index in [2.05, 4.69) is 15.3 Å². The van der Waals surface area contributed by atoms with Crippen LogP contribution >= 0.6 is 0 Å². The summed E-state index contributed by atoms with van der Waals surface area (Å²) in [6.45, 7) is 1.91. The van der Waals surface area contributed by atoms with Gasteiger partial charge in [0, 0.05) is 18.5 Å². The summed E-state index contributed by atoms with van der Waals surface area (Å²) < 4.78 is 1.88. The lowest BCUT2D eigenvalue weighted by Gasteiger charge is -2.06. The van der Waals surface area contributed by atoms with E-state index in [1.165, 1.54) is 6.08 Å². The molecule has 2 aromatic heterocycles. The van der Waals surface area contributed by atoms with Gasteiger partial charge in [0.1, 0.15) is 11.6 Å². The molecule has 2 heterocycles. The van der Waals surface area contributed by atoms with Crippen LogP contribution in [0, 0.1) is 6.92 Å². The zero-order valence-electron chi connectivity index (χ0n) is 12.7. The number of amides is 1. The molecule has 0 atom stereocenters. The molecule has 0 aliphatic carbocycles. The number of aryl methyl sites for hydroxylation is 1. The summed E-state index contributed by atoms with van der Waals surface area (Å²) in [5, 5.41) is 2.79. The second-order valence-electron chi connectivity index (χ2n) is 4.98. The quantitative estimate of drug-likeness (QED) is 0.753. The Hall–Kier alpha value is -3.21. The predicted molar refractivity (Wildman–Crippen MR) is 90.2 cm³/mol. The van der Waals surface area contributed by atoms with E-state index >= 15 is 0 Å². The Kier molecular flexibility index (Phi) is 4.29. The van der Waals surface area contributed by atoms with E-state index in [1.54, 1.807) is 18.5 Å². The second-order valence-corrected chi connectivity index (χ2v) is 4.98. The fourth-order valence-corrected chi connectivity index (χ4v) is 2.14. The first kappa shape index (κ1) is 14.7. The number of pyridine rings is 1. The maximum Gasteiger partial charge on any atom is 0.248 e. The molecule has 0 saturated carbocycles. The first-order chi connectivity index (χ1) is 11.2. The molecule has 0 spiro atoms. The highest BCUT2D eigenvalue weighted by Crippen LogP contribution is 2.11. The molecule has 3 aromatic rings.